The molecule has 3 heterocycles. The number of anilines is 1. The number of nitrogens with zero attached hydrogens (tertiary/aromatic N) is 3. The fourth-order valence-corrected chi connectivity index (χ4v) is 4.87. The van der Waals surface area contributed by atoms with Crippen molar-refractivity contribution in [2.75, 3.05) is 5.32 Å². The van der Waals surface area contributed by atoms with Crippen molar-refractivity contribution in [1.82, 2.24) is 19.9 Å². The first-order valence-electron chi connectivity index (χ1n) is 11.0. The predicted octanol–water partition coefficient (Wildman–Crippen LogP) is 5.82. The molecule has 5 aromatic rings. The quantitative estimate of drug-likeness (QED) is 0.267. The van der Waals surface area contributed by atoms with Gasteiger partial charge in [0.05, 0.1) is 33.5 Å². The summed E-state index contributed by atoms with van der Waals surface area (Å²) in [4.78, 5) is 21.9. The van der Waals surface area contributed by atoms with Crippen LogP contribution in [0, 0.1) is 11.6 Å². The van der Waals surface area contributed by atoms with Gasteiger partial charge in [-0.3, -0.25) is 9.78 Å². The van der Waals surface area contributed by atoms with Crippen LogP contribution in [0.5, 0.6) is 11.5 Å². The second-order valence-electron chi connectivity index (χ2n) is 8.11. The minimum absolute atomic E-state index is 0.00838. The summed E-state index contributed by atoms with van der Waals surface area (Å²) in [6.45, 7) is 0. The number of carbonyl (C=O) groups is 1. The van der Waals surface area contributed by atoms with E-state index in [1.54, 1.807) is 30.7 Å². The lowest BCUT2D eigenvalue weighted by atomic mass is 10.1. The van der Waals surface area contributed by atoms with Crippen molar-refractivity contribution in [2.45, 2.75) is 6.42 Å². The zero-order valence-electron chi connectivity index (χ0n) is 19.4. The topological polar surface area (TPSA) is 81.1 Å². The van der Waals surface area contributed by atoms with Crippen LogP contribution in [0.15, 0.2) is 73.3 Å². The van der Waals surface area contributed by atoms with Crippen molar-refractivity contribution in [3.05, 3.63) is 90.5 Å². The zero-order chi connectivity index (χ0) is 25.9. The number of hydrogen-bond donors (Lipinski definition) is 2. The number of nitrogens with one attached hydrogen (secondary N) is 2. The van der Waals surface area contributed by atoms with Gasteiger partial charge in [-0.15, -0.1) is 11.3 Å². The number of pyridine rings is 1. The zero-order valence-corrected chi connectivity index (χ0v) is 21.0. The van der Waals surface area contributed by atoms with Crippen LogP contribution < -0.4 is 15.4 Å². The SMILES string of the molecule is Cn1cnc(-c2cc3nccc(Oc4ccc(NC(=S)NC(=O)Cc5cccc(F)c5)cc4F)c3s2)c1. The summed E-state index contributed by atoms with van der Waals surface area (Å²) in [6, 6.07) is 13.6. The van der Waals surface area contributed by atoms with E-state index >= 15 is 0 Å². The number of thiophene rings is 1. The predicted molar refractivity (Wildman–Crippen MR) is 143 cm³/mol. The van der Waals surface area contributed by atoms with E-state index in [4.69, 9.17) is 17.0 Å². The molecule has 11 heteroatoms. The second-order valence-corrected chi connectivity index (χ2v) is 9.58. The average molecular weight is 536 g/mol. The van der Waals surface area contributed by atoms with Crippen LogP contribution in [-0.4, -0.2) is 25.6 Å². The van der Waals surface area contributed by atoms with Crippen LogP contribution in [0.4, 0.5) is 14.5 Å². The lowest BCUT2D eigenvalue weighted by molar-refractivity contribution is -0.119. The second kappa shape index (κ2) is 10.4. The Morgan fingerprint density at radius 3 is 2.73 bits per heavy atom. The Kier molecular flexibility index (Phi) is 6.89. The lowest BCUT2D eigenvalue weighted by Crippen LogP contribution is -2.35. The molecule has 2 N–H and O–H groups in total. The maximum atomic E-state index is 14.9. The Hall–Kier alpha value is -4.22. The van der Waals surface area contributed by atoms with E-state index in [1.165, 1.54) is 41.7 Å². The van der Waals surface area contributed by atoms with Gasteiger partial charge in [-0.05, 0) is 48.1 Å². The molecule has 5 rings (SSSR count). The highest BCUT2D eigenvalue weighted by Crippen LogP contribution is 2.39. The molecule has 2 aromatic carbocycles. The van der Waals surface area contributed by atoms with Gasteiger partial charge in [-0.25, -0.2) is 13.8 Å². The van der Waals surface area contributed by atoms with Crippen molar-refractivity contribution in [3.8, 4) is 22.1 Å². The monoisotopic (exact) mass is 535 g/mol. The number of hydrogen-bond acceptors (Lipinski definition) is 6. The average Bonchev–Trinajstić information content (AvgIpc) is 3.47. The minimum atomic E-state index is -0.620. The smallest absolute Gasteiger partial charge is 0.230 e. The van der Waals surface area contributed by atoms with Gasteiger partial charge in [0.25, 0.3) is 0 Å². The summed E-state index contributed by atoms with van der Waals surface area (Å²) in [6.07, 6.45) is 5.18. The maximum absolute atomic E-state index is 14.9. The van der Waals surface area contributed by atoms with Crippen LogP contribution in [-0.2, 0) is 18.3 Å². The largest absolute Gasteiger partial charge is 0.453 e. The molecule has 0 bridgehead atoms. The highest BCUT2D eigenvalue weighted by Gasteiger charge is 2.15. The van der Waals surface area contributed by atoms with Crippen LogP contribution in [0.3, 0.4) is 0 Å². The van der Waals surface area contributed by atoms with Gasteiger partial charge in [0.2, 0.25) is 5.91 Å². The third-order valence-electron chi connectivity index (χ3n) is 5.25. The molecule has 37 heavy (non-hydrogen) atoms. The van der Waals surface area contributed by atoms with Crippen LogP contribution in [0.2, 0.25) is 0 Å². The molecule has 0 aliphatic rings. The summed E-state index contributed by atoms with van der Waals surface area (Å²) in [5.74, 6) is -0.982. The number of amides is 1. The van der Waals surface area contributed by atoms with Crippen LogP contribution in [0.25, 0.3) is 20.8 Å². The maximum Gasteiger partial charge on any atom is 0.230 e. The molecule has 0 spiro atoms. The van der Waals surface area contributed by atoms with Crippen molar-refractivity contribution in [3.63, 3.8) is 0 Å². The summed E-state index contributed by atoms with van der Waals surface area (Å²) in [7, 11) is 1.89. The Bertz CT molecular complexity index is 1630. The molecule has 0 aliphatic heterocycles. The summed E-state index contributed by atoms with van der Waals surface area (Å²) in [5.41, 5.74) is 2.38. The number of benzene rings is 2. The summed E-state index contributed by atoms with van der Waals surface area (Å²) in [5, 5.41) is 5.26. The number of thiocarbonyl (C=S) groups is 1. The van der Waals surface area contributed by atoms with Crippen LogP contribution >= 0.6 is 23.6 Å². The summed E-state index contributed by atoms with van der Waals surface area (Å²) >= 11 is 6.61. The van der Waals surface area contributed by atoms with Crippen LogP contribution in [0.1, 0.15) is 5.56 Å². The van der Waals surface area contributed by atoms with E-state index in [1.807, 2.05) is 23.9 Å². The molecule has 0 radical (unpaired) electrons. The molecule has 186 valence electrons. The number of aromatic nitrogens is 3. The van der Waals surface area contributed by atoms with E-state index in [9.17, 15) is 13.6 Å². The molecule has 0 fully saturated rings. The first kappa shape index (κ1) is 24.5. The van der Waals surface area contributed by atoms with E-state index in [2.05, 4.69) is 20.6 Å². The van der Waals surface area contributed by atoms with E-state index in [0.717, 1.165) is 20.8 Å². The molecule has 0 aliphatic carbocycles. The molecule has 0 atom stereocenters. The number of fused-ring (bicyclic) bond motifs is 1. The third-order valence-corrected chi connectivity index (χ3v) is 6.61. The van der Waals surface area contributed by atoms with E-state index in [0.29, 0.717) is 17.0 Å². The highest BCUT2D eigenvalue weighted by molar-refractivity contribution is 7.80. The van der Waals surface area contributed by atoms with Gasteiger partial charge in [0.1, 0.15) is 11.6 Å². The molecule has 0 unspecified atom stereocenters. The van der Waals surface area contributed by atoms with E-state index in [-0.39, 0.29) is 17.3 Å². The number of halogens is 2. The number of imidazole rings is 1. The van der Waals surface area contributed by atoms with E-state index < -0.39 is 17.5 Å². The minimum Gasteiger partial charge on any atom is -0.453 e. The number of carbonyl (C=O) groups excluding carboxylic acids is 1. The Labute approximate surface area is 219 Å². The van der Waals surface area contributed by atoms with Crippen molar-refractivity contribution in [1.29, 1.82) is 0 Å². The molecule has 0 saturated carbocycles. The Balaban J connectivity index is 1.25. The molecule has 3 aromatic heterocycles. The fraction of sp³-hybridized carbons (Fsp3) is 0.0769. The highest BCUT2D eigenvalue weighted by atomic mass is 32.1. The molecule has 1 amide bonds. The van der Waals surface area contributed by atoms with Gasteiger partial charge in [-0.1, -0.05) is 12.1 Å². The van der Waals surface area contributed by atoms with Gasteiger partial charge in [-0.2, -0.15) is 0 Å². The van der Waals surface area contributed by atoms with Crippen molar-refractivity contribution in [2.24, 2.45) is 7.05 Å². The lowest BCUT2D eigenvalue weighted by Gasteiger charge is -2.12. The molecule has 0 saturated heterocycles. The Morgan fingerprint density at radius 2 is 1.97 bits per heavy atom. The molecular weight excluding hydrogens is 516 g/mol. The number of ether oxygens (including phenoxy) is 1. The normalized spacial score (nSPS) is 10.9. The van der Waals surface area contributed by atoms with Gasteiger partial charge in [0.15, 0.2) is 16.7 Å². The fourth-order valence-electron chi connectivity index (χ4n) is 3.61. The van der Waals surface area contributed by atoms with Gasteiger partial charge in [0, 0.05) is 37.3 Å². The molecule has 7 nitrogen and oxygen atoms in total. The number of rotatable bonds is 6. The Morgan fingerprint density at radius 1 is 1.11 bits per heavy atom. The summed E-state index contributed by atoms with van der Waals surface area (Å²) < 4.78 is 36.7. The first-order chi connectivity index (χ1) is 17.8. The van der Waals surface area contributed by atoms with Crippen molar-refractivity contribution < 1.29 is 18.3 Å². The third kappa shape index (κ3) is 5.79. The molecular formula is C26H19F2N5O2S2. The van der Waals surface area contributed by atoms with Gasteiger partial charge >= 0.3 is 0 Å². The standard InChI is InChI=1S/C26H19F2N5O2S2/c1-33-13-20(30-14-33)23-12-19-25(37-23)22(7-8-29-19)35-21-6-5-17(11-18(21)28)31-26(36)32-24(34)10-15-3-2-4-16(27)9-15/h2-9,11-14H,10H2,1H3,(H2,31,32,34,36). The van der Waals surface area contributed by atoms with Gasteiger partial charge < -0.3 is 19.9 Å². The van der Waals surface area contributed by atoms with Crippen molar-refractivity contribution >= 4 is 50.5 Å². The number of aryl methyl sites for hydroxylation is 1. The first-order valence-corrected chi connectivity index (χ1v) is 12.3.